The van der Waals surface area contributed by atoms with E-state index in [1.165, 1.54) is 55.2 Å². The molecule has 0 bridgehead atoms. The molecule has 3 radical (unpaired) electrons. The van der Waals surface area contributed by atoms with Crippen LogP contribution in [0.3, 0.4) is 0 Å². The second-order valence-electron chi connectivity index (χ2n) is 12.0. The monoisotopic (exact) mass is 843 g/mol. The molecule has 0 spiro atoms. The molecule has 3 heterocycles. The standard InChI is InChI=1S/C43H32N2.3Y/c1-30-3-7-32(8-4-30)11-13-34-15-19-36(20-16-34)40-25-38-23-24-39-26-41(28-45-29-44(27-40)42(38)43(39)45)37-21-17-35(18-22-37)14-12-33-9-5-31(2)6-10-33;;;/h3,5,7-28H,29H2,1-2H3;;;/b13-11+,14-12+;;;. The van der Waals surface area contributed by atoms with Gasteiger partial charge in [0.2, 0.25) is 0 Å². The first kappa shape index (κ1) is 37.0. The van der Waals surface area contributed by atoms with Crippen molar-refractivity contribution < 1.29 is 107 Å². The van der Waals surface area contributed by atoms with Gasteiger partial charge in [0.25, 0.3) is 11.0 Å². The van der Waals surface area contributed by atoms with Gasteiger partial charge in [0.15, 0.2) is 12.4 Å². The predicted octanol–water partition coefficient (Wildman–Crippen LogP) is 9.27. The van der Waals surface area contributed by atoms with Gasteiger partial charge in [-0.05, 0) is 46.5 Å². The SMILES string of the molecule is Cc1[c-]cc(/C=C/c2ccc(-c3cc4ccc5cc(-c6ccc(/C=C/c7c[c-]c(C)cc7)cc6)c[n+]6c5c4[n+](c3)C6)cc2)cc1.[Y].[Y].[Y]. The Kier molecular flexibility index (Phi) is 12.4. The van der Waals surface area contributed by atoms with Crippen LogP contribution in [0, 0.1) is 26.0 Å². The Hall–Kier alpha value is -2.29. The molecule has 0 fully saturated rings. The largest absolute Gasteiger partial charge is 0.345 e. The van der Waals surface area contributed by atoms with Crippen LogP contribution in [-0.4, -0.2) is 0 Å². The molecule has 48 heavy (non-hydrogen) atoms. The summed E-state index contributed by atoms with van der Waals surface area (Å²) in [5.74, 6) is 0. The van der Waals surface area contributed by atoms with Crippen molar-refractivity contribution in [1.29, 1.82) is 0 Å². The molecular weight excluding hydrogens is 811 g/mol. The third-order valence-electron chi connectivity index (χ3n) is 8.71. The van der Waals surface area contributed by atoms with E-state index in [1.807, 2.05) is 12.1 Å². The maximum atomic E-state index is 3.27. The molecule has 0 atom stereocenters. The number of aromatic nitrogens is 2. The zero-order chi connectivity index (χ0) is 30.3. The Labute approximate surface area is 358 Å². The van der Waals surface area contributed by atoms with Crippen LogP contribution in [0.4, 0.5) is 0 Å². The van der Waals surface area contributed by atoms with Crippen LogP contribution in [0.15, 0.2) is 122 Å². The molecule has 7 aromatic rings. The van der Waals surface area contributed by atoms with Crippen molar-refractivity contribution in [2.75, 3.05) is 0 Å². The first-order valence-corrected chi connectivity index (χ1v) is 15.4. The van der Waals surface area contributed by atoms with Gasteiger partial charge in [0.1, 0.15) is 0 Å². The number of rotatable bonds is 6. The fraction of sp³-hybridized carbons (Fsp3) is 0.0698. The summed E-state index contributed by atoms with van der Waals surface area (Å²) in [5, 5.41) is 2.53. The molecule has 0 N–H and O–H groups in total. The van der Waals surface area contributed by atoms with E-state index in [4.69, 9.17) is 0 Å². The Bertz CT molecular complexity index is 2110. The number of benzene rings is 5. The molecule has 0 amide bonds. The van der Waals surface area contributed by atoms with Crippen molar-refractivity contribution in [3.05, 3.63) is 167 Å². The molecule has 5 heteroatoms. The molecule has 0 aliphatic carbocycles. The second kappa shape index (κ2) is 16.2. The van der Waals surface area contributed by atoms with Crippen LogP contribution in [-0.2, 0) is 105 Å². The average Bonchev–Trinajstić information content (AvgIpc) is 3.46. The summed E-state index contributed by atoms with van der Waals surface area (Å²) in [7, 11) is 0. The number of pyridine rings is 2. The first-order valence-electron chi connectivity index (χ1n) is 15.4. The summed E-state index contributed by atoms with van der Waals surface area (Å²) in [4.78, 5) is 0. The number of hydrogen-bond donors (Lipinski definition) is 0. The Morgan fingerprint density at radius 3 is 1.21 bits per heavy atom. The molecule has 1 aliphatic heterocycles. The molecule has 223 valence electrons. The van der Waals surface area contributed by atoms with E-state index in [9.17, 15) is 0 Å². The second-order valence-corrected chi connectivity index (χ2v) is 12.0. The minimum absolute atomic E-state index is 0. The van der Waals surface area contributed by atoms with E-state index >= 15 is 0 Å². The van der Waals surface area contributed by atoms with Crippen molar-refractivity contribution in [1.82, 2.24) is 0 Å². The fourth-order valence-corrected chi connectivity index (χ4v) is 6.22. The van der Waals surface area contributed by atoms with E-state index in [0.717, 1.165) is 28.9 Å². The van der Waals surface area contributed by atoms with Gasteiger partial charge in [-0.3, -0.25) is 0 Å². The maximum Gasteiger partial charge on any atom is 0.345 e. The van der Waals surface area contributed by atoms with Crippen molar-refractivity contribution in [2.24, 2.45) is 0 Å². The molecule has 1 aliphatic rings. The van der Waals surface area contributed by atoms with Gasteiger partial charge in [-0.25, -0.2) is 0 Å². The van der Waals surface area contributed by atoms with Gasteiger partial charge in [-0.1, -0.05) is 74.5 Å². The minimum atomic E-state index is 0. The van der Waals surface area contributed by atoms with Gasteiger partial charge in [0.05, 0.1) is 10.8 Å². The average molecular weight is 843 g/mol. The van der Waals surface area contributed by atoms with Gasteiger partial charge < -0.3 is 0 Å². The molecule has 0 saturated heterocycles. The Morgan fingerprint density at radius 2 is 0.833 bits per heavy atom. The predicted molar refractivity (Wildman–Crippen MR) is 186 cm³/mol. The normalized spacial score (nSPS) is 11.6. The van der Waals surface area contributed by atoms with Crippen LogP contribution < -0.4 is 9.13 Å². The molecule has 2 nitrogen and oxygen atoms in total. The Balaban J connectivity index is 0.00000150. The smallest absolute Gasteiger partial charge is 0.180 e. The van der Waals surface area contributed by atoms with E-state index in [-0.39, 0.29) is 98.1 Å². The maximum absolute atomic E-state index is 3.27. The number of aryl methyl sites for hydroxylation is 2. The molecule has 2 aromatic heterocycles. The van der Waals surface area contributed by atoms with E-state index in [1.54, 1.807) is 0 Å². The summed E-state index contributed by atoms with van der Waals surface area (Å²) >= 11 is 0. The number of nitrogens with zero attached hydrogens (tertiary/aromatic N) is 2. The molecular formula is C43H32N2Y3. The minimum Gasteiger partial charge on any atom is -0.180 e. The third-order valence-corrected chi connectivity index (χ3v) is 8.71. The van der Waals surface area contributed by atoms with Gasteiger partial charge in [-0.15, -0.1) is 32.4 Å². The summed E-state index contributed by atoms with van der Waals surface area (Å²) in [6.07, 6.45) is 13.2. The van der Waals surface area contributed by atoms with E-state index in [2.05, 4.69) is 169 Å². The third kappa shape index (κ3) is 7.86. The fourth-order valence-electron chi connectivity index (χ4n) is 6.22. The summed E-state index contributed by atoms with van der Waals surface area (Å²) in [5.41, 5.74) is 14.5. The van der Waals surface area contributed by atoms with Gasteiger partial charge in [0, 0.05) is 109 Å². The first-order chi connectivity index (χ1) is 22.1. The van der Waals surface area contributed by atoms with E-state index < -0.39 is 0 Å². The molecule has 0 saturated carbocycles. The zero-order valence-electron chi connectivity index (χ0n) is 27.2. The summed E-state index contributed by atoms with van der Waals surface area (Å²) in [6, 6.07) is 45.9. The van der Waals surface area contributed by atoms with Crippen LogP contribution in [0.25, 0.3) is 68.4 Å². The molecule has 0 unspecified atom stereocenters. The summed E-state index contributed by atoms with van der Waals surface area (Å²) in [6.45, 7) is 4.93. The molecule has 5 aromatic carbocycles. The van der Waals surface area contributed by atoms with Crippen LogP contribution in [0.2, 0.25) is 0 Å². The van der Waals surface area contributed by atoms with Gasteiger partial charge >= 0.3 is 6.67 Å². The van der Waals surface area contributed by atoms with Gasteiger partial charge in [-0.2, -0.15) is 59.7 Å². The van der Waals surface area contributed by atoms with Crippen molar-refractivity contribution in [3.8, 4) is 22.3 Å². The van der Waals surface area contributed by atoms with Crippen LogP contribution in [0.5, 0.6) is 0 Å². The Morgan fingerprint density at radius 1 is 0.458 bits per heavy atom. The van der Waals surface area contributed by atoms with Crippen molar-refractivity contribution in [3.63, 3.8) is 0 Å². The zero-order valence-corrected chi connectivity index (χ0v) is 35.7. The summed E-state index contributed by atoms with van der Waals surface area (Å²) < 4.78 is 4.80. The van der Waals surface area contributed by atoms with Crippen molar-refractivity contribution in [2.45, 2.75) is 20.5 Å². The topological polar surface area (TPSA) is 7.76 Å². The number of hydrogen-bond acceptors (Lipinski definition) is 0. The van der Waals surface area contributed by atoms with Crippen molar-refractivity contribution >= 4 is 46.1 Å². The molecule has 8 rings (SSSR count). The van der Waals surface area contributed by atoms with Crippen LogP contribution >= 0.6 is 0 Å². The van der Waals surface area contributed by atoms with E-state index in [0.29, 0.717) is 0 Å². The quantitative estimate of drug-likeness (QED) is 0.0683. The van der Waals surface area contributed by atoms with Crippen LogP contribution in [0.1, 0.15) is 33.4 Å².